The highest BCUT2D eigenvalue weighted by atomic mass is 32.1. The molecule has 1 N–H and O–H groups in total. The van der Waals surface area contributed by atoms with E-state index in [0.29, 0.717) is 18.6 Å². The standard InChI is InChI=1S/C12H23NO2S/c1-13(8-11(10-16)2-3-11)9-12(14)4-6-15-7-5-12/h14,16H,2-10H2,1H3. The number of hydrogen-bond acceptors (Lipinski definition) is 4. The molecule has 3 nitrogen and oxygen atoms in total. The second kappa shape index (κ2) is 4.84. The van der Waals surface area contributed by atoms with E-state index >= 15 is 0 Å². The fourth-order valence-corrected chi connectivity index (χ4v) is 3.00. The number of rotatable bonds is 5. The molecule has 0 unspecified atom stereocenters. The molecular formula is C12H23NO2S. The van der Waals surface area contributed by atoms with Gasteiger partial charge < -0.3 is 14.7 Å². The van der Waals surface area contributed by atoms with E-state index in [-0.39, 0.29) is 0 Å². The van der Waals surface area contributed by atoms with Crippen LogP contribution < -0.4 is 0 Å². The van der Waals surface area contributed by atoms with Gasteiger partial charge in [0.05, 0.1) is 5.60 Å². The van der Waals surface area contributed by atoms with Gasteiger partial charge in [-0.25, -0.2) is 0 Å². The Bertz CT molecular complexity index is 237. The van der Waals surface area contributed by atoms with Gasteiger partial charge in [0.15, 0.2) is 0 Å². The van der Waals surface area contributed by atoms with Gasteiger partial charge >= 0.3 is 0 Å². The molecule has 0 atom stereocenters. The van der Waals surface area contributed by atoms with Gasteiger partial charge in [0.2, 0.25) is 0 Å². The minimum Gasteiger partial charge on any atom is -0.388 e. The topological polar surface area (TPSA) is 32.7 Å². The summed E-state index contributed by atoms with van der Waals surface area (Å²) in [5, 5.41) is 10.4. The predicted molar refractivity (Wildman–Crippen MR) is 68.0 cm³/mol. The van der Waals surface area contributed by atoms with Gasteiger partial charge in [-0.3, -0.25) is 0 Å². The molecule has 0 amide bonds. The molecule has 1 heterocycles. The van der Waals surface area contributed by atoms with Gasteiger partial charge in [-0.15, -0.1) is 0 Å². The highest BCUT2D eigenvalue weighted by molar-refractivity contribution is 7.80. The van der Waals surface area contributed by atoms with E-state index in [1.54, 1.807) is 0 Å². The molecular weight excluding hydrogens is 222 g/mol. The third kappa shape index (κ3) is 3.13. The van der Waals surface area contributed by atoms with Gasteiger partial charge in [-0.2, -0.15) is 12.6 Å². The highest BCUT2D eigenvalue weighted by Crippen LogP contribution is 2.47. The molecule has 1 saturated carbocycles. The number of ether oxygens (including phenoxy) is 1. The SMILES string of the molecule is CN(CC1(O)CCOCC1)CC1(CS)CC1. The molecule has 1 aliphatic carbocycles. The monoisotopic (exact) mass is 245 g/mol. The number of nitrogens with zero attached hydrogens (tertiary/aromatic N) is 1. The van der Waals surface area contributed by atoms with Crippen LogP contribution in [0.2, 0.25) is 0 Å². The zero-order valence-corrected chi connectivity index (χ0v) is 11.0. The van der Waals surface area contributed by atoms with Crippen LogP contribution in [0.1, 0.15) is 25.7 Å². The summed E-state index contributed by atoms with van der Waals surface area (Å²) in [5.74, 6) is 0.971. The van der Waals surface area contributed by atoms with Crippen molar-refractivity contribution in [3.63, 3.8) is 0 Å². The van der Waals surface area contributed by atoms with Crippen molar-refractivity contribution in [1.29, 1.82) is 0 Å². The van der Waals surface area contributed by atoms with E-state index < -0.39 is 5.60 Å². The van der Waals surface area contributed by atoms with E-state index in [4.69, 9.17) is 4.74 Å². The Labute approximate surface area is 104 Å². The van der Waals surface area contributed by atoms with Crippen molar-refractivity contribution in [2.75, 3.05) is 39.1 Å². The van der Waals surface area contributed by atoms with Crippen molar-refractivity contribution < 1.29 is 9.84 Å². The predicted octanol–water partition coefficient (Wildman–Crippen LogP) is 1.17. The second-order valence-electron chi connectivity index (χ2n) is 5.67. The first kappa shape index (κ1) is 12.7. The summed E-state index contributed by atoms with van der Waals surface area (Å²) in [5.41, 5.74) is -0.0843. The summed E-state index contributed by atoms with van der Waals surface area (Å²) < 4.78 is 5.29. The molecule has 0 bridgehead atoms. The van der Waals surface area contributed by atoms with Gasteiger partial charge in [-0.1, -0.05) is 0 Å². The Morgan fingerprint density at radius 1 is 1.19 bits per heavy atom. The van der Waals surface area contributed by atoms with Crippen molar-refractivity contribution in [2.24, 2.45) is 5.41 Å². The fourth-order valence-electron chi connectivity index (χ4n) is 2.58. The molecule has 2 fully saturated rings. The van der Waals surface area contributed by atoms with Crippen LogP contribution in [0.25, 0.3) is 0 Å². The first-order valence-electron chi connectivity index (χ1n) is 6.17. The smallest absolute Gasteiger partial charge is 0.0817 e. The van der Waals surface area contributed by atoms with Gasteiger partial charge in [0.1, 0.15) is 0 Å². The Balaban J connectivity index is 1.79. The third-order valence-electron chi connectivity index (χ3n) is 3.89. The van der Waals surface area contributed by atoms with Crippen LogP contribution in [0.4, 0.5) is 0 Å². The molecule has 94 valence electrons. The lowest BCUT2D eigenvalue weighted by molar-refractivity contribution is -0.0781. The maximum Gasteiger partial charge on any atom is 0.0817 e. The van der Waals surface area contributed by atoms with Crippen molar-refractivity contribution in [3.8, 4) is 0 Å². The van der Waals surface area contributed by atoms with E-state index in [0.717, 1.165) is 31.7 Å². The van der Waals surface area contributed by atoms with Crippen LogP contribution in [0, 0.1) is 5.41 Å². The Hall–Kier alpha value is 0.230. The average Bonchev–Trinajstić information content (AvgIpc) is 2.98. The Morgan fingerprint density at radius 3 is 2.31 bits per heavy atom. The van der Waals surface area contributed by atoms with E-state index in [9.17, 15) is 5.11 Å². The van der Waals surface area contributed by atoms with E-state index in [2.05, 4.69) is 24.6 Å². The summed E-state index contributed by atoms with van der Waals surface area (Å²) in [6.45, 7) is 3.23. The second-order valence-corrected chi connectivity index (χ2v) is 5.98. The van der Waals surface area contributed by atoms with Crippen LogP contribution in [0.5, 0.6) is 0 Å². The van der Waals surface area contributed by atoms with Gasteiger partial charge in [0.25, 0.3) is 0 Å². The van der Waals surface area contributed by atoms with Crippen molar-refractivity contribution in [2.45, 2.75) is 31.3 Å². The fraction of sp³-hybridized carbons (Fsp3) is 1.00. The molecule has 0 aromatic carbocycles. The van der Waals surface area contributed by atoms with Crippen LogP contribution in [0.15, 0.2) is 0 Å². The minimum absolute atomic E-state index is 0.444. The van der Waals surface area contributed by atoms with Crippen LogP contribution in [-0.2, 0) is 4.74 Å². The molecule has 4 heteroatoms. The number of thiol groups is 1. The summed E-state index contributed by atoms with van der Waals surface area (Å²) in [7, 11) is 2.11. The first-order chi connectivity index (χ1) is 7.58. The van der Waals surface area contributed by atoms with Crippen molar-refractivity contribution in [1.82, 2.24) is 4.90 Å². The number of likely N-dealkylation sites (N-methyl/N-ethyl adjacent to an activating group) is 1. The molecule has 1 saturated heterocycles. The minimum atomic E-state index is -0.528. The first-order valence-corrected chi connectivity index (χ1v) is 6.80. The molecule has 0 aromatic rings. The zero-order chi connectivity index (χ0) is 11.6. The van der Waals surface area contributed by atoms with Gasteiger partial charge in [-0.05, 0) is 31.1 Å². The normalized spacial score (nSPS) is 27.0. The zero-order valence-electron chi connectivity index (χ0n) is 10.1. The molecule has 16 heavy (non-hydrogen) atoms. The highest BCUT2D eigenvalue weighted by Gasteiger charge is 2.43. The molecule has 0 spiro atoms. The molecule has 2 rings (SSSR count). The molecule has 0 radical (unpaired) electrons. The van der Waals surface area contributed by atoms with Crippen molar-refractivity contribution in [3.05, 3.63) is 0 Å². The number of hydrogen-bond donors (Lipinski definition) is 2. The molecule has 2 aliphatic rings. The molecule has 0 aromatic heterocycles. The summed E-state index contributed by atoms with van der Waals surface area (Å²) in [6, 6.07) is 0. The quantitative estimate of drug-likeness (QED) is 0.713. The third-order valence-corrected chi connectivity index (χ3v) is 4.56. The summed E-state index contributed by atoms with van der Waals surface area (Å²) >= 11 is 4.42. The number of aliphatic hydroxyl groups is 1. The molecule has 1 aliphatic heterocycles. The summed E-state index contributed by atoms with van der Waals surface area (Å²) in [4.78, 5) is 2.27. The van der Waals surface area contributed by atoms with E-state index in [1.807, 2.05) is 0 Å². The Kier molecular flexibility index (Phi) is 3.84. The lowest BCUT2D eigenvalue weighted by atomic mass is 9.93. The maximum absolute atomic E-state index is 10.4. The van der Waals surface area contributed by atoms with Crippen molar-refractivity contribution >= 4 is 12.6 Å². The average molecular weight is 245 g/mol. The van der Waals surface area contributed by atoms with Crippen LogP contribution in [0.3, 0.4) is 0 Å². The van der Waals surface area contributed by atoms with Crippen LogP contribution in [-0.4, -0.2) is 54.7 Å². The van der Waals surface area contributed by atoms with Crippen LogP contribution >= 0.6 is 12.6 Å². The largest absolute Gasteiger partial charge is 0.388 e. The van der Waals surface area contributed by atoms with E-state index in [1.165, 1.54) is 12.8 Å². The van der Waals surface area contributed by atoms with Gasteiger partial charge in [0, 0.05) is 39.1 Å². The summed E-state index contributed by atoms with van der Waals surface area (Å²) in [6.07, 6.45) is 4.13. The maximum atomic E-state index is 10.4. The Morgan fingerprint density at radius 2 is 1.81 bits per heavy atom. The lowest BCUT2D eigenvalue weighted by Gasteiger charge is -2.36. The lowest BCUT2D eigenvalue weighted by Crippen LogP contribution is -2.47.